The van der Waals surface area contributed by atoms with E-state index in [0.29, 0.717) is 18.2 Å². The maximum Gasteiger partial charge on any atom is 0.374 e. The van der Waals surface area contributed by atoms with E-state index in [0.717, 1.165) is 0 Å². The molecule has 0 aliphatic rings. The fourth-order valence-corrected chi connectivity index (χ4v) is 0.857. The van der Waals surface area contributed by atoms with Crippen LogP contribution in [0.15, 0.2) is 6.07 Å². The number of carbonyl (C=O) groups is 1. The van der Waals surface area contributed by atoms with Crippen molar-refractivity contribution < 1.29 is 14.6 Å². The molecular formula is C8H10N2O3. The molecule has 70 valence electrons. The summed E-state index contributed by atoms with van der Waals surface area (Å²) in [6.07, 6.45) is 0. The molecule has 0 saturated heterocycles. The molecule has 0 aliphatic heterocycles. The molecule has 0 spiro atoms. The molecule has 1 aromatic rings. The molecule has 0 bridgehead atoms. The Morgan fingerprint density at radius 1 is 1.62 bits per heavy atom. The summed E-state index contributed by atoms with van der Waals surface area (Å²) in [5.74, 6) is -1.08. The van der Waals surface area contributed by atoms with Gasteiger partial charge in [0.1, 0.15) is 0 Å². The van der Waals surface area contributed by atoms with E-state index in [1.54, 1.807) is 19.9 Å². The average molecular weight is 182 g/mol. The van der Waals surface area contributed by atoms with Gasteiger partial charge < -0.3 is 9.84 Å². The van der Waals surface area contributed by atoms with Gasteiger partial charge in [0.2, 0.25) is 11.7 Å². The Bertz CT molecular complexity index is 325. The van der Waals surface area contributed by atoms with Crippen LogP contribution in [-0.4, -0.2) is 27.7 Å². The predicted octanol–water partition coefficient (Wildman–Crippen LogP) is 0.882. The van der Waals surface area contributed by atoms with Gasteiger partial charge in [-0.3, -0.25) is 0 Å². The minimum Gasteiger partial charge on any atom is -0.478 e. The quantitative estimate of drug-likeness (QED) is 0.751. The number of ether oxygens (including phenoxy) is 1. The molecule has 13 heavy (non-hydrogen) atoms. The SMILES string of the molecule is CCOc1cc(C)nc(C(=O)O)n1. The van der Waals surface area contributed by atoms with E-state index in [9.17, 15) is 4.79 Å². The summed E-state index contributed by atoms with van der Waals surface area (Å²) >= 11 is 0. The average Bonchev–Trinajstić information content (AvgIpc) is 2.03. The summed E-state index contributed by atoms with van der Waals surface area (Å²) < 4.78 is 5.06. The molecule has 1 N–H and O–H groups in total. The summed E-state index contributed by atoms with van der Waals surface area (Å²) in [5, 5.41) is 8.62. The Morgan fingerprint density at radius 2 is 2.31 bits per heavy atom. The second-order valence-corrected chi connectivity index (χ2v) is 2.41. The van der Waals surface area contributed by atoms with Gasteiger partial charge in [-0.1, -0.05) is 0 Å². The van der Waals surface area contributed by atoms with Gasteiger partial charge in [0, 0.05) is 11.8 Å². The zero-order valence-corrected chi connectivity index (χ0v) is 7.44. The van der Waals surface area contributed by atoms with Crippen molar-refractivity contribution >= 4 is 5.97 Å². The van der Waals surface area contributed by atoms with Crippen LogP contribution in [0, 0.1) is 6.92 Å². The number of carboxylic acid groups (broad SMARTS) is 1. The lowest BCUT2D eigenvalue weighted by Gasteiger charge is -2.02. The maximum absolute atomic E-state index is 10.5. The van der Waals surface area contributed by atoms with Gasteiger partial charge in [-0.2, -0.15) is 4.98 Å². The molecule has 0 fully saturated rings. The molecule has 0 amide bonds. The lowest BCUT2D eigenvalue weighted by molar-refractivity contribution is 0.0681. The zero-order chi connectivity index (χ0) is 9.84. The Hall–Kier alpha value is -1.65. The van der Waals surface area contributed by atoms with E-state index in [1.807, 2.05) is 0 Å². The molecule has 0 aliphatic carbocycles. The predicted molar refractivity (Wildman–Crippen MR) is 44.9 cm³/mol. The number of carboxylic acids is 1. The van der Waals surface area contributed by atoms with Crippen molar-refractivity contribution in [2.75, 3.05) is 6.61 Å². The Labute approximate surface area is 75.4 Å². The smallest absolute Gasteiger partial charge is 0.374 e. The van der Waals surface area contributed by atoms with E-state index < -0.39 is 5.97 Å². The fourth-order valence-electron chi connectivity index (χ4n) is 0.857. The number of rotatable bonds is 3. The van der Waals surface area contributed by atoms with Crippen LogP contribution in [0.5, 0.6) is 5.88 Å². The lowest BCUT2D eigenvalue weighted by atomic mass is 10.4. The fraction of sp³-hybridized carbons (Fsp3) is 0.375. The van der Waals surface area contributed by atoms with Gasteiger partial charge in [-0.25, -0.2) is 9.78 Å². The van der Waals surface area contributed by atoms with Crippen LogP contribution in [0.4, 0.5) is 0 Å². The Kier molecular flexibility index (Phi) is 2.79. The molecular weight excluding hydrogens is 172 g/mol. The van der Waals surface area contributed by atoms with Gasteiger partial charge in [-0.05, 0) is 13.8 Å². The zero-order valence-electron chi connectivity index (χ0n) is 7.44. The molecule has 0 saturated carbocycles. The van der Waals surface area contributed by atoms with E-state index in [-0.39, 0.29) is 5.82 Å². The number of aromatic nitrogens is 2. The summed E-state index contributed by atoms with van der Waals surface area (Å²) in [6.45, 7) is 3.95. The van der Waals surface area contributed by atoms with Gasteiger partial charge >= 0.3 is 5.97 Å². The second-order valence-electron chi connectivity index (χ2n) is 2.41. The summed E-state index contributed by atoms with van der Waals surface area (Å²) in [6, 6.07) is 1.59. The van der Waals surface area contributed by atoms with Gasteiger partial charge in [0.25, 0.3) is 0 Å². The van der Waals surface area contributed by atoms with Crippen LogP contribution in [0.25, 0.3) is 0 Å². The molecule has 1 aromatic heterocycles. The van der Waals surface area contributed by atoms with Gasteiger partial charge in [0.15, 0.2) is 0 Å². The molecule has 1 heterocycles. The third kappa shape index (κ3) is 2.40. The minimum absolute atomic E-state index is 0.233. The lowest BCUT2D eigenvalue weighted by Crippen LogP contribution is -2.07. The molecule has 0 aromatic carbocycles. The largest absolute Gasteiger partial charge is 0.478 e. The standard InChI is InChI=1S/C8H10N2O3/c1-3-13-6-4-5(2)9-7(10-6)8(11)12/h4H,3H2,1-2H3,(H,11,12). The van der Waals surface area contributed by atoms with Crippen LogP contribution in [0.3, 0.4) is 0 Å². The third-order valence-electron chi connectivity index (χ3n) is 1.31. The molecule has 5 heteroatoms. The number of hydrogen-bond donors (Lipinski definition) is 1. The highest BCUT2D eigenvalue weighted by atomic mass is 16.5. The second kappa shape index (κ2) is 3.84. The van der Waals surface area contributed by atoms with E-state index in [2.05, 4.69) is 9.97 Å². The van der Waals surface area contributed by atoms with E-state index in [4.69, 9.17) is 9.84 Å². The van der Waals surface area contributed by atoms with Crippen molar-refractivity contribution in [1.29, 1.82) is 0 Å². The first kappa shape index (κ1) is 9.44. The first-order valence-corrected chi connectivity index (χ1v) is 3.85. The molecule has 0 atom stereocenters. The van der Waals surface area contributed by atoms with E-state index >= 15 is 0 Å². The minimum atomic E-state index is -1.15. The Morgan fingerprint density at radius 3 is 2.85 bits per heavy atom. The van der Waals surface area contributed by atoms with Gasteiger partial charge in [0.05, 0.1) is 6.61 Å². The number of aromatic carboxylic acids is 1. The van der Waals surface area contributed by atoms with Crippen molar-refractivity contribution in [3.63, 3.8) is 0 Å². The van der Waals surface area contributed by atoms with Crippen molar-refractivity contribution in [2.45, 2.75) is 13.8 Å². The van der Waals surface area contributed by atoms with Gasteiger partial charge in [-0.15, -0.1) is 0 Å². The highest BCUT2D eigenvalue weighted by Gasteiger charge is 2.09. The summed E-state index contributed by atoms with van der Waals surface area (Å²) in [4.78, 5) is 17.9. The first-order valence-electron chi connectivity index (χ1n) is 3.85. The van der Waals surface area contributed by atoms with Crippen molar-refractivity contribution in [3.8, 4) is 5.88 Å². The normalized spacial score (nSPS) is 9.69. The van der Waals surface area contributed by atoms with Crippen LogP contribution < -0.4 is 4.74 Å². The Balaban J connectivity index is 3.03. The van der Waals surface area contributed by atoms with Crippen molar-refractivity contribution in [2.24, 2.45) is 0 Å². The van der Waals surface area contributed by atoms with Crippen molar-refractivity contribution in [3.05, 3.63) is 17.6 Å². The maximum atomic E-state index is 10.5. The number of aryl methyl sites for hydroxylation is 1. The first-order chi connectivity index (χ1) is 6.13. The van der Waals surface area contributed by atoms with E-state index in [1.165, 1.54) is 0 Å². The van der Waals surface area contributed by atoms with Crippen molar-refractivity contribution in [1.82, 2.24) is 9.97 Å². The summed E-state index contributed by atoms with van der Waals surface area (Å²) in [5.41, 5.74) is 0.579. The highest BCUT2D eigenvalue weighted by Crippen LogP contribution is 2.08. The molecule has 1 rings (SSSR count). The van der Waals surface area contributed by atoms with Crippen LogP contribution >= 0.6 is 0 Å². The number of nitrogens with zero attached hydrogens (tertiary/aromatic N) is 2. The van der Waals surface area contributed by atoms with Crippen LogP contribution in [0.2, 0.25) is 0 Å². The molecule has 0 unspecified atom stereocenters. The third-order valence-corrected chi connectivity index (χ3v) is 1.31. The molecule has 0 radical (unpaired) electrons. The molecule has 5 nitrogen and oxygen atoms in total. The van der Waals surface area contributed by atoms with Crippen LogP contribution in [0.1, 0.15) is 23.2 Å². The topological polar surface area (TPSA) is 72.3 Å². The number of hydrogen-bond acceptors (Lipinski definition) is 4. The summed E-state index contributed by atoms with van der Waals surface area (Å²) in [7, 11) is 0. The van der Waals surface area contributed by atoms with Crippen LogP contribution in [-0.2, 0) is 0 Å². The monoisotopic (exact) mass is 182 g/mol. The highest BCUT2D eigenvalue weighted by molar-refractivity contribution is 5.83.